The van der Waals surface area contributed by atoms with Crippen molar-refractivity contribution in [2.75, 3.05) is 0 Å². The van der Waals surface area contributed by atoms with Crippen molar-refractivity contribution in [3.8, 4) is 5.75 Å². The second kappa shape index (κ2) is 5.27. The summed E-state index contributed by atoms with van der Waals surface area (Å²) in [5.74, 6) is -0.507. The monoisotopic (exact) mass is 302 g/mol. The molecule has 0 heterocycles. The van der Waals surface area contributed by atoms with Gasteiger partial charge in [-0.25, -0.2) is 0 Å². The van der Waals surface area contributed by atoms with Crippen LogP contribution in [0.4, 0.5) is 0 Å². The number of nitrogens with one attached hydrogen (secondary N) is 1. The largest absolute Gasteiger partial charge is 0.507 e. The highest BCUT2D eigenvalue weighted by atomic mass is 79.9. The maximum Gasteiger partial charge on any atom is 0.255 e. The van der Waals surface area contributed by atoms with E-state index >= 15 is 0 Å². The fourth-order valence-electron chi connectivity index (χ4n) is 1.04. The number of phenolic OH excluding ortho intramolecular Hbond substituents is 1. The lowest BCUT2D eigenvalue weighted by Gasteiger charge is -2.12. The molecule has 1 rings (SSSR count). The fourth-order valence-corrected chi connectivity index (χ4v) is 1.45. The number of aromatic hydroxyl groups is 1. The van der Waals surface area contributed by atoms with E-state index in [1.165, 1.54) is 12.1 Å². The number of hydrogen-bond donors (Lipinski definition) is 3. The molecule has 0 saturated carbocycles. The van der Waals surface area contributed by atoms with Crippen molar-refractivity contribution in [3.63, 3.8) is 0 Å². The highest BCUT2D eigenvalue weighted by Gasteiger charge is 2.14. The molecular formula is C10H11BrN2O2S. The van der Waals surface area contributed by atoms with Crippen LogP contribution in [0, 0.1) is 0 Å². The van der Waals surface area contributed by atoms with Gasteiger partial charge >= 0.3 is 0 Å². The first kappa shape index (κ1) is 12.9. The SMILES string of the molecule is CC(NC(=O)c1ccc(Br)cc1O)C(N)=S. The van der Waals surface area contributed by atoms with Crippen molar-refractivity contribution in [1.29, 1.82) is 0 Å². The number of rotatable bonds is 3. The quantitative estimate of drug-likeness (QED) is 0.741. The summed E-state index contributed by atoms with van der Waals surface area (Å²) in [6.45, 7) is 1.68. The van der Waals surface area contributed by atoms with Crippen molar-refractivity contribution in [3.05, 3.63) is 28.2 Å². The molecule has 1 unspecified atom stereocenters. The van der Waals surface area contributed by atoms with Crippen LogP contribution in [0.25, 0.3) is 0 Å². The van der Waals surface area contributed by atoms with Crippen LogP contribution in [-0.2, 0) is 0 Å². The van der Waals surface area contributed by atoms with Crippen molar-refractivity contribution in [1.82, 2.24) is 5.32 Å². The van der Waals surface area contributed by atoms with Crippen LogP contribution in [0.2, 0.25) is 0 Å². The van der Waals surface area contributed by atoms with Crippen molar-refractivity contribution in [2.45, 2.75) is 13.0 Å². The molecule has 0 saturated heterocycles. The van der Waals surface area contributed by atoms with E-state index in [-0.39, 0.29) is 16.3 Å². The Bertz CT molecular complexity index is 437. The van der Waals surface area contributed by atoms with Gasteiger partial charge in [-0.1, -0.05) is 28.1 Å². The van der Waals surface area contributed by atoms with E-state index < -0.39 is 11.9 Å². The number of hydrogen-bond acceptors (Lipinski definition) is 3. The molecule has 4 N–H and O–H groups in total. The summed E-state index contributed by atoms with van der Waals surface area (Å²) in [6, 6.07) is 4.21. The molecule has 86 valence electrons. The van der Waals surface area contributed by atoms with Gasteiger partial charge in [-0.15, -0.1) is 0 Å². The second-order valence-corrected chi connectivity index (χ2v) is 4.65. The molecule has 16 heavy (non-hydrogen) atoms. The molecule has 0 aliphatic rings. The molecule has 4 nitrogen and oxygen atoms in total. The Morgan fingerprint density at radius 2 is 2.25 bits per heavy atom. The van der Waals surface area contributed by atoms with Crippen LogP contribution >= 0.6 is 28.1 Å². The van der Waals surface area contributed by atoms with Gasteiger partial charge in [0, 0.05) is 4.47 Å². The van der Waals surface area contributed by atoms with Gasteiger partial charge < -0.3 is 16.2 Å². The molecule has 0 spiro atoms. The van der Waals surface area contributed by atoms with E-state index in [0.717, 1.165) is 0 Å². The van der Waals surface area contributed by atoms with E-state index in [9.17, 15) is 9.90 Å². The molecule has 6 heteroatoms. The molecule has 0 fully saturated rings. The maximum absolute atomic E-state index is 11.7. The third-order valence-corrected chi connectivity index (χ3v) is 2.83. The summed E-state index contributed by atoms with van der Waals surface area (Å²) in [6.07, 6.45) is 0. The van der Waals surface area contributed by atoms with Crippen LogP contribution in [0.15, 0.2) is 22.7 Å². The Hall–Kier alpha value is -1.14. The fraction of sp³-hybridized carbons (Fsp3) is 0.200. The maximum atomic E-state index is 11.7. The topological polar surface area (TPSA) is 75.3 Å². The summed E-state index contributed by atoms with van der Waals surface area (Å²) in [7, 11) is 0. The van der Waals surface area contributed by atoms with Crippen LogP contribution < -0.4 is 11.1 Å². The predicted molar refractivity (Wildman–Crippen MR) is 69.5 cm³/mol. The van der Waals surface area contributed by atoms with Crippen molar-refractivity contribution >= 4 is 39.0 Å². The van der Waals surface area contributed by atoms with E-state index in [1.54, 1.807) is 13.0 Å². The van der Waals surface area contributed by atoms with Crippen LogP contribution in [0.5, 0.6) is 5.75 Å². The van der Waals surface area contributed by atoms with Crippen LogP contribution in [-0.4, -0.2) is 22.0 Å². The molecular weight excluding hydrogens is 292 g/mol. The van der Waals surface area contributed by atoms with Crippen molar-refractivity contribution < 1.29 is 9.90 Å². The highest BCUT2D eigenvalue weighted by molar-refractivity contribution is 9.10. The van der Waals surface area contributed by atoms with Gasteiger partial charge in [-0.05, 0) is 25.1 Å². The molecule has 1 atom stereocenters. The van der Waals surface area contributed by atoms with E-state index in [4.69, 9.17) is 18.0 Å². The van der Waals surface area contributed by atoms with Gasteiger partial charge in [0.1, 0.15) is 5.75 Å². The highest BCUT2D eigenvalue weighted by Crippen LogP contribution is 2.22. The number of nitrogens with two attached hydrogens (primary N) is 1. The zero-order valence-electron chi connectivity index (χ0n) is 8.53. The van der Waals surface area contributed by atoms with Crippen LogP contribution in [0.1, 0.15) is 17.3 Å². The lowest BCUT2D eigenvalue weighted by atomic mass is 10.2. The van der Waals surface area contributed by atoms with Crippen molar-refractivity contribution in [2.24, 2.45) is 5.73 Å². The van der Waals surface area contributed by atoms with E-state index in [1.807, 2.05) is 0 Å². The Kier molecular flexibility index (Phi) is 4.26. The second-order valence-electron chi connectivity index (χ2n) is 3.26. The van der Waals surface area contributed by atoms with Gasteiger partial charge in [-0.3, -0.25) is 4.79 Å². The average Bonchev–Trinajstić information content (AvgIpc) is 2.16. The Morgan fingerprint density at radius 1 is 1.62 bits per heavy atom. The number of halogens is 1. The summed E-state index contributed by atoms with van der Waals surface area (Å²) in [5.41, 5.74) is 5.56. The summed E-state index contributed by atoms with van der Waals surface area (Å²) in [5, 5.41) is 12.1. The van der Waals surface area contributed by atoms with Gasteiger partial charge in [-0.2, -0.15) is 0 Å². The third kappa shape index (κ3) is 3.18. The molecule has 0 aliphatic carbocycles. The summed E-state index contributed by atoms with van der Waals surface area (Å²) in [4.78, 5) is 11.9. The number of phenols is 1. The Balaban J connectivity index is 2.85. The molecule has 0 aromatic heterocycles. The average molecular weight is 303 g/mol. The molecule has 1 aromatic carbocycles. The first-order valence-electron chi connectivity index (χ1n) is 4.50. The molecule has 1 aromatic rings. The number of thiocarbonyl (C=S) groups is 1. The van der Waals surface area contributed by atoms with Gasteiger partial charge in [0.15, 0.2) is 0 Å². The number of carbonyl (C=O) groups excluding carboxylic acids is 1. The lowest BCUT2D eigenvalue weighted by molar-refractivity contribution is 0.0946. The normalized spacial score (nSPS) is 11.9. The summed E-state index contributed by atoms with van der Waals surface area (Å²) < 4.78 is 0.698. The zero-order chi connectivity index (χ0) is 12.3. The molecule has 0 bridgehead atoms. The third-order valence-electron chi connectivity index (χ3n) is 1.98. The Morgan fingerprint density at radius 3 is 2.75 bits per heavy atom. The molecule has 0 radical (unpaired) electrons. The van der Waals surface area contributed by atoms with Gasteiger partial charge in [0.25, 0.3) is 5.91 Å². The first-order valence-corrected chi connectivity index (χ1v) is 5.70. The minimum Gasteiger partial charge on any atom is -0.507 e. The van der Waals surface area contributed by atoms with E-state index in [2.05, 4.69) is 21.2 Å². The van der Waals surface area contributed by atoms with Gasteiger partial charge in [0.2, 0.25) is 0 Å². The van der Waals surface area contributed by atoms with Crippen LogP contribution in [0.3, 0.4) is 0 Å². The zero-order valence-corrected chi connectivity index (χ0v) is 10.9. The smallest absolute Gasteiger partial charge is 0.255 e. The molecule has 1 amide bonds. The summed E-state index contributed by atoms with van der Waals surface area (Å²) >= 11 is 7.92. The predicted octanol–water partition coefficient (Wildman–Crippen LogP) is 1.56. The minimum absolute atomic E-state index is 0.0954. The number of carbonyl (C=O) groups is 1. The lowest BCUT2D eigenvalue weighted by Crippen LogP contribution is -2.41. The molecule has 0 aliphatic heterocycles. The standard InChI is InChI=1S/C10H11BrN2O2S/c1-5(9(12)16)13-10(15)7-3-2-6(11)4-8(7)14/h2-5,14H,1H3,(H2,12,16)(H,13,15). The minimum atomic E-state index is -0.412. The Labute approximate surface area is 107 Å². The number of amides is 1. The first-order chi connectivity index (χ1) is 7.41. The van der Waals surface area contributed by atoms with E-state index in [0.29, 0.717) is 4.47 Å². The number of benzene rings is 1. The van der Waals surface area contributed by atoms with Gasteiger partial charge in [0.05, 0.1) is 16.6 Å².